The molecule has 0 bridgehead atoms. The van der Waals surface area contributed by atoms with Crippen LogP contribution in [0.15, 0.2) is 54.9 Å². The minimum Gasteiger partial charge on any atom is -0.399 e. The summed E-state index contributed by atoms with van der Waals surface area (Å²) in [5.41, 5.74) is 10.6. The number of anilines is 1. The van der Waals surface area contributed by atoms with Gasteiger partial charge in [0.15, 0.2) is 0 Å². The van der Waals surface area contributed by atoms with Crippen LogP contribution in [0.3, 0.4) is 0 Å². The normalized spacial score (nSPS) is 10.8. The lowest BCUT2D eigenvalue weighted by atomic mass is 10.1. The Morgan fingerprint density at radius 1 is 1.14 bits per heavy atom. The Bertz CT molecular complexity index is 777. The summed E-state index contributed by atoms with van der Waals surface area (Å²) in [7, 11) is 0. The first kappa shape index (κ1) is 13.4. The molecule has 0 unspecified atom stereocenters. The summed E-state index contributed by atoms with van der Waals surface area (Å²) < 4.78 is 15.0. The maximum atomic E-state index is 13.1. The minimum atomic E-state index is -0.211. The Balaban J connectivity index is 1.85. The van der Waals surface area contributed by atoms with Crippen LogP contribution in [0.2, 0.25) is 0 Å². The smallest absolute Gasteiger partial charge is 0.123 e. The van der Waals surface area contributed by atoms with Crippen LogP contribution in [-0.2, 0) is 6.54 Å². The molecule has 0 fully saturated rings. The molecule has 0 spiro atoms. The molecule has 3 nitrogen and oxygen atoms in total. The second kappa shape index (κ2) is 5.40. The first-order valence-electron chi connectivity index (χ1n) is 6.75. The summed E-state index contributed by atoms with van der Waals surface area (Å²) in [5.74, 6) is -0.211. The molecule has 0 radical (unpaired) electrons. The maximum absolute atomic E-state index is 13.1. The van der Waals surface area contributed by atoms with E-state index in [0.717, 1.165) is 27.9 Å². The zero-order valence-electron chi connectivity index (χ0n) is 11.8. The number of benzene rings is 2. The fraction of sp³-hybridized carbons (Fsp3) is 0.118. The van der Waals surface area contributed by atoms with Crippen molar-refractivity contribution in [3.8, 4) is 11.1 Å². The number of halogens is 1. The molecule has 2 aromatic carbocycles. The predicted octanol–water partition coefficient (Wildman–Crippen LogP) is 3.63. The van der Waals surface area contributed by atoms with Crippen molar-refractivity contribution in [2.45, 2.75) is 13.5 Å². The van der Waals surface area contributed by atoms with Gasteiger partial charge in [-0.2, -0.15) is 5.10 Å². The highest BCUT2D eigenvalue weighted by molar-refractivity contribution is 5.65. The van der Waals surface area contributed by atoms with Gasteiger partial charge in [-0.25, -0.2) is 4.39 Å². The molecular formula is C17H16FN3. The number of hydrogen-bond donors (Lipinski definition) is 1. The van der Waals surface area contributed by atoms with Crippen molar-refractivity contribution in [3.05, 3.63) is 71.8 Å². The van der Waals surface area contributed by atoms with Crippen LogP contribution >= 0.6 is 0 Å². The lowest BCUT2D eigenvalue weighted by Crippen LogP contribution is -2.02. The van der Waals surface area contributed by atoms with Gasteiger partial charge in [0, 0.05) is 17.4 Å². The van der Waals surface area contributed by atoms with E-state index < -0.39 is 0 Å². The second-order valence-corrected chi connectivity index (χ2v) is 5.12. The van der Waals surface area contributed by atoms with E-state index in [2.05, 4.69) is 5.10 Å². The molecule has 0 amide bonds. The number of nitrogens with zero attached hydrogens (tertiary/aromatic N) is 2. The predicted molar refractivity (Wildman–Crippen MR) is 82.3 cm³/mol. The van der Waals surface area contributed by atoms with Crippen molar-refractivity contribution in [2.75, 3.05) is 5.73 Å². The molecule has 1 aromatic heterocycles. The summed E-state index contributed by atoms with van der Waals surface area (Å²) in [4.78, 5) is 0. The molecule has 3 aromatic rings. The van der Waals surface area contributed by atoms with Crippen molar-refractivity contribution < 1.29 is 4.39 Å². The molecule has 0 atom stereocenters. The van der Waals surface area contributed by atoms with E-state index in [-0.39, 0.29) is 5.82 Å². The highest BCUT2D eigenvalue weighted by Gasteiger charge is 2.05. The standard InChI is InChI=1S/C17H16FN3/c1-12-7-16(18)6-5-14(12)10-21-11-15(9-20-21)13-3-2-4-17(19)8-13/h2-9,11H,10,19H2,1H3. The fourth-order valence-electron chi connectivity index (χ4n) is 2.33. The fourth-order valence-corrected chi connectivity index (χ4v) is 2.33. The van der Waals surface area contributed by atoms with Gasteiger partial charge in [-0.1, -0.05) is 18.2 Å². The Morgan fingerprint density at radius 2 is 2.00 bits per heavy atom. The second-order valence-electron chi connectivity index (χ2n) is 5.12. The van der Waals surface area contributed by atoms with Gasteiger partial charge >= 0.3 is 0 Å². The summed E-state index contributed by atoms with van der Waals surface area (Å²) in [6.07, 6.45) is 3.78. The molecular weight excluding hydrogens is 265 g/mol. The van der Waals surface area contributed by atoms with E-state index in [1.54, 1.807) is 6.07 Å². The molecule has 0 aliphatic carbocycles. The topological polar surface area (TPSA) is 43.8 Å². The van der Waals surface area contributed by atoms with Crippen LogP contribution in [-0.4, -0.2) is 9.78 Å². The summed E-state index contributed by atoms with van der Waals surface area (Å²) >= 11 is 0. The molecule has 2 N–H and O–H groups in total. The molecule has 0 aliphatic rings. The summed E-state index contributed by atoms with van der Waals surface area (Å²) in [6.45, 7) is 2.52. The van der Waals surface area contributed by atoms with E-state index in [9.17, 15) is 4.39 Å². The molecule has 106 valence electrons. The third kappa shape index (κ3) is 2.94. The van der Waals surface area contributed by atoms with Gasteiger partial charge < -0.3 is 5.73 Å². The van der Waals surface area contributed by atoms with E-state index in [4.69, 9.17) is 5.73 Å². The van der Waals surface area contributed by atoms with Gasteiger partial charge in [0.1, 0.15) is 5.82 Å². The van der Waals surface area contributed by atoms with Crippen LogP contribution in [0, 0.1) is 12.7 Å². The molecule has 0 saturated carbocycles. The number of hydrogen-bond acceptors (Lipinski definition) is 2. The van der Waals surface area contributed by atoms with Crippen molar-refractivity contribution in [1.82, 2.24) is 9.78 Å². The Morgan fingerprint density at radius 3 is 2.76 bits per heavy atom. The van der Waals surface area contributed by atoms with Crippen LogP contribution < -0.4 is 5.73 Å². The zero-order chi connectivity index (χ0) is 14.8. The average Bonchev–Trinajstić information content (AvgIpc) is 2.91. The van der Waals surface area contributed by atoms with Crippen LogP contribution in [0.1, 0.15) is 11.1 Å². The van der Waals surface area contributed by atoms with Crippen molar-refractivity contribution >= 4 is 5.69 Å². The minimum absolute atomic E-state index is 0.211. The monoisotopic (exact) mass is 281 g/mol. The first-order valence-corrected chi connectivity index (χ1v) is 6.75. The van der Waals surface area contributed by atoms with E-state index in [0.29, 0.717) is 6.54 Å². The SMILES string of the molecule is Cc1cc(F)ccc1Cn1cc(-c2cccc(N)c2)cn1. The number of rotatable bonds is 3. The molecule has 4 heteroatoms. The molecule has 21 heavy (non-hydrogen) atoms. The molecule has 1 heterocycles. The van der Waals surface area contributed by atoms with Crippen LogP contribution in [0.25, 0.3) is 11.1 Å². The average molecular weight is 281 g/mol. The summed E-state index contributed by atoms with van der Waals surface area (Å²) in [6, 6.07) is 12.5. The van der Waals surface area contributed by atoms with Crippen LogP contribution in [0.4, 0.5) is 10.1 Å². The third-order valence-corrected chi connectivity index (χ3v) is 3.49. The van der Waals surface area contributed by atoms with Gasteiger partial charge in [-0.3, -0.25) is 4.68 Å². The summed E-state index contributed by atoms with van der Waals surface area (Å²) in [5, 5.41) is 4.36. The van der Waals surface area contributed by atoms with Gasteiger partial charge in [-0.15, -0.1) is 0 Å². The van der Waals surface area contributed by atoms with Gasteiger partial charge in [-0.05, 0) is 47.9 Å². The highest BCUT2D eigenvalue weighted by atomic mass is 19.1. The van der Waals surface area contributed by atoms with E-state index in [1.165, 1.54) is 12.1 Å². The number of nitrogens with two attached hydrogens (primary N) is 1. The molecule has 0 saturated heterocycles. The quantitative estimate of drug-likeness (QED) is 0.745. The molecule has 3 rings (SSSR count). The lowest BCUT2D eigenvalue weighted by Gasteiger charge is -2.06. The van der Waals surface area contributed by atoms with E-state index in [1.807, 2.05) is 48.3 Å². The Hall–Kier alpha value is -2.62. The van der Waals surface area contributed by atoms with Gasteiger partial charge in [0.2, 0.25) is 0 Å². The van der Waals surface area contributed by atoms with Gasteiger partial charge in [0.05, 0.1) is 12.7 Å². The lowest BCUT2D eigenvalue weighted by molar-refractivity contribution is 0.622. The van der Waals surface area contributed by atoms with E-state index >= 15 is 0 Å². The zero-order valence-corrected chi connectivity index (χ0v) is 11.8. The molecule has 0 aliphatic heterocycles. The van der Waals surface area contributed by atoms with Crippen LogP contribution in [0.5, 0.6) is 0 Å². The highest BCUT2D eigenvalue weighted by Crippen LogP contribution is 2.21. The van der Waals surface area contributed by atoms with Crippen molar-refractivity contribution in [3.63, 3.8) is 0 Å². The first-order chi connectivity index (χ1) is 10.1. The van der Waals surface area contributed by atoms with Crippen molar-refractivity contribution in [2.24, 2.45) is 0 Å². The number of aromatic nitrogens is 2. The largest absolute Gasteiger partial charge is 0.399 e. The van der Waals surface area contributed by atoms with Gasteiger partial charge in [0.25, 0.3) is 0 Å². The maximum Gasteiger partial charge on any atom is 0.123 e. The third-order valence-electron chi connectivity index (χ3n) is 3.49. The van der Waals surface area contributed by atoms with Crippen molar-refractivity contribution in [1.29, 1.82) is 0 Å². The Kier molecular flexibility index (Phi) is 3.44. The number of aryl methyl sites for hydroxylation is 1. The number of nitrogen functional groups attached to an aromatic ring is 1. The Labute approximate surface area is 122 Å².